The van der Waals surface area contributed by atoms with Crippen LogP contribution in [0.4, 0.5) is 11.4 Å². The first-order valence-corrected chi connectivity index (χ1v) is 6.56. The molecule has 1 saturated heterocycles. The topological polar surface area (TPSA) is 66.6 Å². The molecule has 0 saturated carbocycles. The fraction of sp³-hybridized carbons (Fsp3) is 0.500. The predicted molar refractivity (Wildman–Crippen MR) is 73.1 cm³/mol. The van der Waals surface area contributed by atoms with Gasteiger partial charge in [0.05, 0.1) is 16.9 Å². The minimum atomic E-state index is -0.930. The normalized spacial score (nSPS) is 17.0. The van der Waals surface area contributed by atoms with Gasteiger partial charge >= 0.3 is 5.97 Å². The third-order valence-corrected chi connectivity index (χ3v) is 3.47. The molecule has 0 spiro atoms. The van der Waals surface area contributed by atoms with Crippen LogP contribution < -0.4 is 10.6 Å². The summed E-state index contributed by atoms with van der Waals surface area (Å²) < 4.78 is 0. The fourth-order valence-electron chi connectivity index (χ4n) is 2.46. The number of nitrogen functional groups attached to an aromatic ring is 1. The Bertz CT molecular complexity index is 424. The summed E-state index contributed by atoms with van der Waals surface area (Å²) in [7, 11) is 0. The molecule has 1 aliphatic heterocycles. The number of nitrogens with zero attached hydrogens (tertiary/aromatic N) is 1. The van der Waals surface area contributed by atoms with Crippen LogP contribution in [0.5, 0.6) is 0 Å². The van der Waals surface area contributed by atoms with Crippen molar-refractivity contribution in [3.63, 3.8) is 0 Å². The van der Waals surface area contributed by atoms with Gasteiger partial charge in [-0.25, -0.2) is 4.79 Å². The Morgan fingerprint density at radius 3 is 2.28 bits per heavy atom. The number of anilines is 2. The van der Waals surface area contributed by atoms with E-state index >= 15 is 0 Å². The van der Waals surface area contributed by atoms with Crippen LogP contribution in [0, 0.1) is 0 Å². The number of hydrogen-bond acceptors (Lipinski definition) is 3. The molecular weight excluding hydrogens is 228 g/mol. The largest absolute Gasteiger partial charge is 0.478 e. The molecule has 1 aromatic carbocycles. The Morgan fingerprint density at radius 2 is 1.72 bits per heavy atom. The second-order valence-electron chi connectivity index (χ2n) is 4.83. The zero-order valence-corrected chi connectivity index (χ0v) is 10.6. The van der Waals surface area contributed by atoms with Gasteiger partial charge in [0.15, 0.2) is 0 Å². The van der Waals surface area contributed by atoms with Crippen molar-refractivity contribution in [1.82, 2.24) is 0 Å². The first-order chi connectivity index (χ1) is 8.68. The van der Waals surface area contributed by atoms with Crippen LogP contribution in [0.2, 0.25) is 0 Å². The molecule has 1 aliphatic rings. The Morgan fingerprint density at radius 1 is 1.11 bits per heavy atom. The lowest BCUT2D eigenvalue weighted by atomic mass is 10.1. The monoisotopic (exact) mass is 248 g/mol. The van der Waals surface area contributed by atoms with E-state index in [1.807, 2.05) is 6.07 Å². The first-order valence-electron chi connectivity index (χ1n) is 6.56. The van der Waals surface area contributed by atoms with Crippen molar-refractivity contribution in [2.45, 2.75) is 32.1 Å². The standard InChI is InChI=1S/C14H20N2O2/c15-12-10-11(14(17)18)6-7-13(12)16-8-4-2-1-3-5-9-16/h6-7,10H,1-5,8-9,15H2,(H,17,18). The molecule has 1 aromatic rings. The van der Waals surface area contributed by atoms with E-state index in [1.165, 1.54) is 32.1 Å². The highest BCUT2D eigenvalue weighted by atomic mass is 16.4. The second kappa shape index (κ2) is 5.76. The highest BCUT2D eigenvalue weighted by Gasteiger charge is 2.13. The Labute approximate surface area is 107 Å². The number of carbonyl (C=O) groups is 1. The third kappa shape index (κ3) is 2.94. The molecule has 0 amide bonds. The van der Waals surface area contributed by atoms with E-state index < -0.39 is 5.97 Å². The van der Waals surface area contributed by atoms with Crippen LogP contribution in [-0.2, 0) is 0 Å². The average molecular weight is 248 g/mol. The maximum absolute atomic E-state index is 10.9. The smallest absolute Gasteiger partial charge is 0.335 e. The number of hydrogen-bond donors (Lipinski definition) is 2. The van der Waals surface area contributed by atoms with Crippen molar-refractivity contribution in [1.29, 1.82) is 0 Å². The lowest BCUT2D eigenvalue weighted by Crippen LogP contribution is -2.27. The molecule has 18 heavy (non-hydrogen) atoms. The lowest BCUT2D eigenvalue weighted by Gasteiger charge is -2.28. The van der Waals surface area contributed by atoms with Crippen LogP contribution in [0.15, 0.2) is 18.2 Å². The maximum atomic E-state index is 10.9. The van der Waals surface area contributed by atoms with Gasteiger partial charge in [0, 0.05) is 13.1 Å². The molecule has 0 aliphatic carbocycles. The first kappa shape index (κ1) is 12.7. The van der Waals surface area contributed by atoms with Crippen molar-refractivity contribution in [2.75, 3.05) is 23.7 Å². The van der Waals surface area contributed by atoms with Crippen LogP contribution in [-0.4, -0.2) is 24.2 Å². The molecular formula is C14H20N2O2. The van der Waals surface area contributed by atoms with E-state index in [4.69, 9.17) is 10.8 Å². The molecule has 0 bridgehead atoms. The molecule has 0 aromatic heterocycles. The van der Waals surface area contributed by atoms with Crippen LogP contribution in [0.1, 0.15) is 42.5 Å². The van der Waals surface area contributed by atoms with Gasteiger partial charge in [0.1, 0.15) is 0 Å². The number of rotatable bonds is 2. The lowest BCUT2D eigenvalue weighted by molar-refractivity contribution is 0.0697. The van der Waals surface area contributed by atoms with Gasteiger partial charge < -0.3 is 15.7 Å². The number of benzene rings is 1. The van der Waals surface area contributed by atoms with Crippen molar-refractivity contribution >= 4 is 17.3 Å². The SMILES string of the molecule is Nc1cc(C(=O)O)ccc1N1CCCCCCC1. The molecule has 0 atom stereocenters. The van der Waals surface area contributed by atoms with Gasteiger partial charge in [0.2, 0.25) is 0 Å². The molecule has 0 unspecified atom stereocenters. The summed E-state index contributed by atoms with van der Waals surface area (Å²) in [6.45, 7) is 2.02. The van der Waals surface area contributed by atoms with Gasteiger partial charge in [-0.2, -0.15) is 0 Å². The van der Waals surface area contributed by atoms with Crippen LogP contribution in [0.25, 0.3) is 0 Å². The minimum absolute atomic E-state index is 0.253. The number of aromatic carboxylic acids is 1. The molecule has 4 heteroatoms. The Balaban J connectivity index is 2.18. The highest BCUT2D eigenvalue weighted by molar-refractivity contribution is 5.90. The summed E-state index contributed by atoms with van der Waals surface area (Å²) in [5.74, 6) is -0.930. The Hall–Kier alpha value is -1.71. The summed E-state index contributed by atoms with van der Waals surface area (Å²) in [4.78, 5) is 13.1. The molecule has 98 valence electrons. The van der Waals surface area contributed by atoms with E-state index in [0.29, 0.717) is 5.69 Å². The predicted octanol–water partition coefficient (Wildman–Crippen LogP) is 2.74. The molecule has 2 rings (SSSR count). The van der Waals surface area contributed by atoms with Gasteiger partial charge in [-0.05, 0) is 31.0 Å². The molecule has 0 radical (unpaired) electrons. The quantitative estimate of drug-likeness (QED) is 0.790. The van der Waals surface area contributed by atoms with Crippen LogP contribution in [0.3, 0.4) is 0 Å². The zero-order valence-electron chi connectivity index (χ0n) is 10.6. The Kier molecular flexibility index (Phi) is 4.07. The van der Waals surface area contributed by atoms with Crippen molar-refractivity contribution in [3.8, 4) is 0 Å². The van der Waals surface area contributed by atoms with Gasteiger partial charge in [-0.1, -0.05) is 19.3 Å². The summed E-state index contributed by atoms with van der Waals surface area (Å²) in [6.07, 6.45) is 6.22. The molecule has 1 heterocycles. The van der Waals surface area contributed by atoms with E-state index in [1.54, 1.807) is 12.1 Å². The van der Waals surface area contributed by atoms with E-state index in [0.717, 1.165) is 18.8 Å². The average Bonchev–Trinajstić information content (AvgIpc) is 2.29. The molecule has 3 N–H and O–H groups in total. The minimum Gasteiger partial charge on any atom is -0.478 e. The van der Waals surface area contributed by atoms with Crippen molar-refractivity contribution in [3.05, 3.63) is 23.8 Å². The van der Waals surface area contributed by atoms with Crippen molar-refractivity contribution < 1.29 is 9.90 Å². The van der Waals surface area contributed by atoms with Gasteiger partial charge in [-0.15, -0.1) is 0 Å². The summed E-state index contributed by atoms with van der Waals surface area (Å²) >= 11 is 0. The molecule has 1 fully saturated rings. The van der Waals surface area contributed by atoms with E-state index in [-0.39, 0.29) is 5.56 Å². The number of nitrogens with two attached hydrogens (primary N) is 1. The van der Waals surface area contributed by atoms with E-state index in [2.05, 4.69) is 4.90 Å². The maximum Gasteiger partial charge on any atom is 0.335 e. The van der Waals surface area contributed by atoms with Gasteiger partial charge in [0.25, 0.3) is 0 Å². The number of carboxylic acid groups (broad SMARTS) is 1. The van der Waals surface area contributed by atoms with Crippen LogP contribution >= 0.6 is 0 Å². The summed E-state index contributed by atoms with van der Waals surface area (Å²) in [6, 6.07) is 5.02. The third-order valence-electron chi connectivity index (χ3n) is 3.47. The summed E-state index contributed by atoms with van der Waals surface area (Å²) in [5, 5.41) is 8.92. The second-order valence-corrected chi connectivity index (χ2v) is 4.83. The fourth-order valence-corrected chi connectivity index (χ4v) is 2.46. The summed E-state index contributed by atoms with van der Waals surface area (Å²) in [5.41, 5.74) is 7.77. The van der Waals surface area contributed by atoms with E-state index in [9.17, 15) is 4.79 Å². The number of carboxylic acids is 1. The van der Waals surface area contributed by atoms with Crippen molar-refractivity contribution in [2.24, 2.45) is 0 Å². The molecule has 4 nitrogen and oxygen atoms in total. The zero-order chi connectivity index (χ0) is 13.0. The van der Waals surface area contributed by atoms with Gasteiger partial charge in [-0.3, -0.25) is 0 Å². The highest BCUT2D eigenvalue weighted by Crippen LogP contribution is 2.26.